The van der Waals surface area contributed by atoms with Crippen molar-refractivity contribution >= 4 is 0 Å². The summed E-state index contributed by atoms with van der Waals surface area (Å²) in [5.41, 5.74) is 0. The minimum Gasteiger partial charge on any atom is -0.284 e. The summed E-state index contributed by atoms with van der Waals surface area (Å²) < 4.78 is 23.8. The molecule has 0 nitrogen and oxygen atoms in total. The predicted molar refractivity (Wildman–Crippen MR) is 50.5 cm³/mol. The smallest absolute Gasteiger partial charge is 0.284 e. The molecule has 15 heavy (non-hydrogen) atoms. The Morgan fingerprint density at radius 1 is 0.800 bits per heavy atom. The molecule has 0 bridgehead atoms. The van der Waals surface area contributed by atoms with Gasteiger partial charge in [-0.05, 0) is 0 Å². The van der Waals surface area contributed by atoms with E-state index < -0.39 is 0 Å². The van der Waals surface area contributed by atoms with Crippen LogP contribution in [0.25, 0.3) is 0 Å². The van der Waals surface area contributed by atoms with Gasteiger partial charge < -0.3 is 0 Å². The minimum atomic E-state index is -0.234. The molecule has 0 heterocycles. The number of rotatable bonds is 0. The first kappa shape index (κ1) is 14.2. The fourth-order valence-electron chi connectivity index (χ4n) is 0.743. The van der Waals surface area contributed by atoms with Crippen molar-refractivity contribution in [3.05, 3.63) is 72.3 Å². The Kier molecular flexibility index (Phi) is 8.08. The Morgan fingerprint density at radius 2 is 1.20 bits per heavy atom. The van der Waals surface area contributed by atoms with Gasteiger partial charge in [0, 0.05) is 11.6 Å². The van der Waals surface area contributed by atoms with Crippen LogP contribution in [0.15, 0.2) is 48.5 Å². The molecule has 0 N–H and O–H groups in total. The van der Waals surface area contributed by atoms with Crippen LogP contribution in [0.5, 0.6) is 0 Å². The van der Waals surface area contributed by atoms with Crippen LogP contribution in [0.4, 0.5) is 8.78 Å². The largest absolute Gasteiger partial charge is 2.00 e. The minimum absolute atomic E-state index is 0. The quantitative estimate of drug-likeness (QED) is 0.518. The third kappa shape index (κ3) is 7.19. The second kappa shape index (κ2) is 8.52. The molecule has 2 aromatic carbocycles. The summed E-state index contributed by atoms with van der Waals surface area (Å²) in [6.45, 7) is 0. The Bertz CT molecular complexity index is 311. The van der Waals surface area contributed by atoms with Crippen molar-refractivity contribution in [1.82, 2.24) is 0 Å². The molecular formula is C12H8CdF2. The van der Waals surface area contributed by atoms with Crippen molar-refractivity contribution in [3.63, 3.8) is 0 Å². The summed E-state index contributed by atoms with van der Waals surface area (Å²) in [5.74, 6) is -0.468. The van der Waals surface area contributed by atoms with E-state index in [1.807, 2.05) is 0 Å². The van der Waals surface area contributed by atoms with E-state index in [1.165, 1.54) is 24.3 Å². The molecule has 0 atom stereocenters. The van der Waals surface area contributed by atoms with E-state index in [0.29, 0.717) is 0 Å². The zero-order chi connectivity index (χ0) is 10.2. The maximum atomic E-state index is 11.9. The maximum Gasteiger partial charge on any atom is 2.00 e. The second-order valence-corrected chi connectivity index (χ2v) is 2.44. The van der Waals surface area contributed by atoms with E-state index in [1.54, 1.807) is 24.3 Å². The summed E-state index contributed by atoms with van der Waals surface area (Å²) in [4.78, 5) is 0. The molecule has 0 saturated carbocycles. The van der Waals surface area contributed by atoms with Crippen molar-refractivity contribution < 1.29 is 36.1 Å². The molecule has 0 aromatic heterocycles. The van der Waals surface area contributed by atoms with Crippen molar-refractivity contribution in [3.8, 4) is 0 Å². The van der Waals surface area contributed by atoms with E-state index in [9.17, 15) is 8.78 Å². The van der Waals surface area contributed by atoms with Gasteiger partial charge in [0.25, 0.3) is 0 Å². The first-order chi connectivity index (χ1) is 6.79. The zero-order valence-electron chi connectivity index (χ0n) is 8.08. The third-order valence-electron chi connectivity index (χ3n) is 1.34. The average molecular weight is 303 g/mol. The summed E-state index contributed by atoms with van der Waals surface area (Å²) in [5, 5.41) is 0. The molecular weight excluding hydrogens is 295 g/mol. The van der Waals surface area contributed by atoms with Gasteiger partial charge in [-0.2, -0.15) is 36.4 Å². The van der Waals surface area contributed by atoms with Crippen LogP contribution < -0.4 is 0 Å². The topological polar surface area (TPSA) is 0 Å². The predicted octanol–water partition coefficient (Wildman–Crippen LogP) is 3.25. The van der Waals surface area contributed by atoms with Crippen LogP contribution in [0.2, 0.25) is 0 Å². The molecule has 0 amide bonds. The molecule has 0 saturated heterocycles. The van der Waals surface area contributed by atoms with E-state index in [4.69, 9.17) is 0 Å². The number of hydrogen-bond donors (Lipinski definition) is 0. The van der Waals surface area contributed by atoms with E-state index in [0.717, 1.165) is 0 Å². The first-order valence-corrected chi connectivity index (χ1v) is 4.02. The van der Waals surface area contributed by atoms with Gasteiger partial charge in [0.05, 0.1) is 0 Å². The maximum absolute atomic E-state index is 11.9. The number of hydrogen-bond acceptors (Lipinski definition) is 0. The molecule has 0 unspecified atom stereocenters. The van der Waals surface area contributed by atoms with Crippen LogP contribution in [0.1, 0.15) is 0 Å². The fourth-order valence-corrected chi connectivity index (χ4v) is 0.743. The Hall–Kier alpha value is -0.778. The van der Waals surface area contributed by atoms with E-state index >= 15 is 0 Å². The van der Waals surface area contributed by atoms with Gasteiger partial charge in [-0.15, -0.1) is 24.3 Å². The molecule has 0 spiro atoms. The normalized spacial score (nSPS) is 8.13. The molecule has 0 aliphatic heterocycles. The van der Waals surface area contributed by atoms with Crippen molar-refractivity contribution in [2.75, 3.05) is 0 Å². The molecule has 72 valence electrons. The van der Waals surface area contributed by atoms with Crippen LogP contribution in [0.3, 0.4) is 0 Å². The van der Waals surface area contributed by atoms with Gasteiger partial charge in [-0.1, -0.05) is 0 Å². The molecule has 3 heteroatoms. The van der Waals surface area contributed by atoms with Crippen LogP contribution >= 0.6 is 0 Å². The van der Waals surface area contributed by atoms with Crippen molar-refractivity contribution in [2.45, 2.75) is 0 Å². The molecule has 0 aliphatic rings. The van der Waals surface area contributed by atoms with Gasteiger partial charge in [0.15, 0.2) is 0 Å². The van der Waals surface area contributed by atoms with E-state index in [-0.39, 0.29) is 38.9 Å². The Balaban J connectivity index is 0.000000245. The van der Waals surface area contributed by atoms with Gasteiger partial charge in [0.2, 0.25) is 0 Å². The van der Waals surface area contributed by atoms with Crippen molar-refractivity contribution in [1.29, 1.82) is 0 Å². The SMILES string of the molecule is Fc1c[c-]ccc1.Fc1c[c-]ccc1.[Cd+2]. The standard InChI is InChI=1S/2C6H4F.Cd/c2*7-6-4-2-1-3-5-6;/h2*1-2,4-5H;/q2*-1;+2. The summed E-state index contributed by atoms with van der Waals surface area (Å²) >= 11 is 0. The number of halogens is 2. The van der Waals surface area contributed by atoms with Crippen LogP contribution in [-0.2, 0) is 27.3 Å². The fraction of sp³-hybridized carbons (Fsp3) is 0. The van der Waals surface area contributed by atoms with Crippen molar-refractivity contribution in [2.24, 2.45) is 0 Å². The molecule has 2 aromatic rings. The van der Waals surface area contributed by atoms with Gasteiger partial charge >= 0.3 is 27.3 Å². The third-order valence-corrected chi connectivity index (χ3v) is 1.34. The molecule has 0 radical (unpaired) electrons. The first-order valence-electron chi connectivity index (χ1n) is 4.02. The van der Waals surface area contributed by atoms with Crippen LogP contribution in [-0.4, -0.2) is 0 Å². The monoisotopic (exact) mass is 304 g/mol. The Labute approximate surface area is 108 Å². The Morgan fingerprint density at radius 3 is 1.33 bits per heavy atom. The second-order valence-electron chi connectivity index (χ2n) is 2.44. The summed E-state index contributed by atoms with van der Waals surface area (Å²) in [6.07, 6.45) is 0. The summed E-state index contributed by atoms with van der Waals surface area (Å²) in [7, 11) is 0. The van der Waals surface area contributed by atoms with Crippen LogP contribution in [0, 0.1) is 23.8 Å². The summed E-state index contributed by atoms with van der Waals surface area (Å²) in [6, 6.07) is 17.1. The molecule has 2 rings (SSSR count). The molecule has 0 aliphatic carbocycles. The van der Waals surface area contributed by atoms with E-state index in [2.05, 4.69) is 12.1 Å². The molecule has 0 fully saturated rings. The van der Waals surface area contributed by atoms with Gasteiger partial charge in [-0.25, -0.2) is 0 Å². The number of benzene rings is 2. The zero-order valence-corrected chi connectivity index (χ0v) is 12.1. The van der Waals surface area contributed by atoms with Gasteiger partial charge in [0.1, 0.15) is 0 Å². The average Bonchev–Trinajstić information content (AvgIpc) is 2.21. The van der Waals surface area contributed by atoms with Gasteiger partial charge in [-0.3, -0.25) is 8.78 Å².